The molecule has 2 amide bonds. The van der Waals surface area contributed by atoms with Crippen LogP contribution < -0.4 is 16.0 Å². The Labute approximate surface area is 152 Å². The van der Waals surface area contributed by atoms with Crippen molar-refractivity contribution >= 4 is 34.0 Å². The SMILES string of the molecule is CCNC(=O)c1ccc(NCC(=O)Nc2cccc3ccccc23)cc1. The van der Waals surface area contributed by atoms with Crippen molar-refractivity contribution in [3.05, 3.63) is 72.3 Å². The molecule has 0 heterocycles. The number of carbonyl (C=O) groups excluding carboxylic acids is 2. The van der Waals surface area contributed by atoms with Crippen LogP contribution in [-0.4, -0.2) is 24.9 Å². The van der Waals surface area contributed by atoms with Gasteiger partial charge in [0.2, 0.25) is 5.91 Å². The molecule has 0 spiro atoms. The molecular weight excluding hydrogens is 326 g/mol. The van der Waals surface area contributed by atoms with Crippen molar-refractivity contribution in [2.45, 2.75) is 6.92 Å². The molecule has 3 rings (SSSR count). The fourth-order valence-electron chi connectivity index (χ4n) is 2.71. The molecule has 5 heteroatoms. The zero-order chi connectivity index (χ0) is 18.4. The van der Waals surface area contributed by atoms with Gasteiger partial charge in [-0.25, -0.2) is 0 Å². The van der Waals surface area contributed by atoms with E-state index in [0.717, 1.165) is 22.1 Å². The molecule has 0 saturated carbocycles. The molecule has 3 aromatic carbocycles. The van der Waals surface area contributed by atoms with Gasteiger partial charge in [-0.15, -0.1) is 0 Å². The summed E-state index contributed by atoms with van der Waals surface area (Å²) in [5.41, 5.74) is 2.17. The van der Waals surface area contributed by atoms with Crippen molar-refractivity contribution in [3.8, 4) is 0 Å². The summed E-state index contributed by atoms with van der Waals surface area (Å²) < 4.78 is 0. The highest BCUT2D eigenvalue weighted by atomic mass is 16.2. The Balaban J connectivity index is 1.59. The highest BCUT2D eigenvalue weighted by Gasteiger charge is 2.07. The van der Waals surface area contributed by atoms with E-state index in [1.807, 2.05) is 49.4 Å². The second-order valence-corrected chi connectivity index (χ2v) is 5.87. The lowest BCUT2D eigenvalue weighted by molar-refractivity contribution is -0.114. The minimum atomic E-state index is -0.130. The first-order valence-corrected chi connectivity index (χ1v) is 8.57. The Kier molecular flexibility index (Phi) is 5.49. The van der Waals surface area contributed by atoms with Gasteiger partial charge in [-0.05, 0) is 42.6 Å². The minimum absolute atomic E-state index is 0.104. The number of anilines is 2. The number of hydrogen-bond donors (Lipinski definition) is 3. The van der Waals surface area contributed by atoms with Gasteiger partial charge in [0, 0.05) is 28.9 Å². The van der Waals surface area contributed by atoms with E-state index >= 15 is 0 Å². The van der Waals surface area contributed by atoms with Gasteiger partial charge in [0.1, 0.15) is 0 Å². The normalized spacial score (nSPS) is 10.3. The lowest BCUT2D eigenvalue weighted by atomic mass is 10.1. The van der Waals surface area contributed by atoms with E-state index in [1.165, 1.54) is 0 Å². The zero-order valence-electron chi connectivity index (χ0n) is 14.6. The summed E-state index contributed by atoms with van der Waals surface area (Å²) in [6.45, 7) is 2.61. The van der Waals surface area contributed by atoms with Gasteiger partial charge in [-0.2, -0.15) is 0 Å². The Morgan fingerprint density at radius 2 is 1.62 bits per heavy atom. The van der Waals surface area contributed by atoms with Gasteiger partial charge in [-0.3, -0.25) is 9.59 Å². The van der Waals surface area contributed by atoms with Gasteiger partial charge in [0.15, 0.2) is 0 Å². The van der Waals surface area contributed by atoms with Gasteiger partial charge in [0.05, 0.1) is 6.54 Å². The van der Waals surface area contributed by atoms with Crippen molar-refractivity contribution < 1.29 is 9.59 Å². The first-order chi connectivity index (χ1) is 12.7. The molecule has 0 unspecified atom stereocenters. The van der Waals surface area contributed by atoms with Crippen LogP contribution >= 0.6 is 0 Å². The molecule has 132 valence electrons. The molecule has 3 aromatic rings. The monoisotopic (exact) mass is 347 g/mol. The van der Waals surface area contributed by atoms with Crippen molar-refractivity contribution in [3.63, 3.8) is 0 Å². The number of benzene rings is 3. The third-order valence-corrected chi connectivity index (χ3v) is 4.00. The number of amides is 2. The predicted octanol–water partition coefficient (Wildman–Crippen LogP) is 3.64. The van der Waals surface area contributed by atoms with Crippen LogP contribution in [-0.2, 0) is 4.79 Å². The maximum absolute atomic E-state index is 12.3. The molecule has 0 aliphatic heterocycles. The summed E-state index contributed by atoms with van der Waals surface area (Å²) in [6, 6.07) is 20.8. The summed E-state index contributed by atoms with van der Waals surface area (Å²) in [6.07, 6.45) is 0. The summed E-state index contributed by atoms with van der Waals surface area (Å²) in [4.78, 5) is 24.0. The zero-order valence-corrected chi connectivity index (χ0v) is 14.6. The fraction of sp³-hybridized carbons (Fsp3) is 0.143. The average Bonchev–Trinajstić information content (AvgIpc) is 2.67. The largest absolute Gasteiger partial charge is 0.376 e. The van der Waals surface area contributed by atoms with E-state index in [0.29, 0.717) is 12.1 Å². The molecule has 3 N–H and O–H groups in total. The Morgan fingerprint density at radius 1 is 0.885 bits per heavy atom. The quantitative estimate of drug-likeness (QED) is 0.637. The maximum atomic E-state index is 12.3. The number of carbonyl (C=O) groups is 2. The molecule has 0 radical (unpaired) electrons. The summed E-state index contributed by atoms with van der Waals surface area (Å²) in [5.74, 6) is -0.234. The summed E-state index contributed by atoms with van der Waals surface area (Å²) in [7, 11) is 0. The number of hydrogen-bond acceptors (Lipinski definition) is 3. The van der Waals surface area contributed by atoms with Crippen molar-refractivity contribution in [1.82, 2.24) is 5.32 Å². The molecule has 0 atom stereocenters. The first kappa shape index (κ1) is 17.5. The molecule has 0 aliphatic rings. The third kappa shape index (κ3) is 4.19. The number of rotatable bonds is 6. The lowest BCUT2D eigenvalue weighted by Gasteiger charge is -2.10. The molecule has 0 bridgehead atoms. The van der Waals surface area contributed by atoms with E-state index in [-0.39, 0.29) is 18.4 Å². The van der Waals surface area contributed by atoms with Crippen LogP contribution in [0.3, 0.4) is 0 Å². The van der Waals surface area contributed by atoms with Crippen LogP contribution in [0.5, 0.6) is 0 Å². The molecular formula is C21H21N3O2. The van der Waals surface area contributed by atoms with Gasteiger partial charge >= 0.3 is 0 Å². The second-order valence-electron chi connectivity index (χ2n) is 5.87. The topological polar surface area (TPSA) is 70.2 Å². The molecule has 0 aromatic heterocycles. The molecule has 5 nitrogen and oxygen atoms in total. The van der Waals surface area contributed by atoms with Crippen molar-refractivity contribution in [1.29, 1.82) is 0 Å². The fourth-order valence-corrected chi connectivity index (χ4v) is 2.71. The van der Waals surface area contributed by atoms with Crippen LogP contribution in [0.2, 0.25) is 0 Å². The van der Waals surface area contributed by atoms with Crippen molar-refractivity contribution in [2.24, 2.45) is 0 Å². The van der Waals surface area contributed by atoms with Crippen LogP contribution in [0.25, 0.3) is 10.8 Å². The van der Waals surface area contributed by atoms with E-state index in [4.69, 9.17) is 0 Å². The second kappa shape index (κ2) is 8.16. The average molecular weight is 347 g/mol. The van der Waals surface area contributed by atoms with Crippen LogP contribution in [0, 0.1) is 0 Å². The molecule has 0 fully saturated rings. The van der Waals surface area contributed by atoms with Gasteiger partial charge in [0.25, 0.3) is 5.91 Å². The van der Waals surface area contributed by atoms with Gasteiger partial charge in [-0.1, -0.05) is 36.4 Å². The van der Waals surface area contributed by atoms with E-state index < -0.39 is 0 Å². The highest BCUT2D eigenvalue weighted by Crippen LogP contribution is 2.22. The van der Waals surface area contributed by atoms with E-state index in [1.54, 1.807) is 24.3 Å². The smallest absolute Gasteiger partial charge is 0.251 e. The van der Waals surface area contributed by atoms with Crippen molar-refractivity contribution in [2.75, 3.05) is 23.7 Å². The minimum Gasteiger partial charge on any atom is -0.376 e. The van der Waals surface area contributed by atoms with E-state index in [2.05, 4.69) is 16.0 Å². The van der Waals surface area contributed by atoms with E-state index in [9.17, 15) is 9.59 Å². The standard InChI is InChI=1S/C21H21N3O2/c1-2-22-21(26)16-10-12-17(13-11-16)23-14-20(25)24-19-9-5-7-15-6-3-4-8-18(15)19/h3-13,23H,2,14H2,1H3,(H,22,26)(H,24,25). The maximum Gasteiger partial charge on any atom is 0.251 e. The molecule has 0 saturated heterocycles. The number of nitrogens with one attached hydrogen (secondary N) is 3. The molecule has 0 aliphatic carbocycles. The first-order valence-electron chi connectivity index (χ1n) is 8.57. The van der Waals surface area contributed by atoms with Crippen LogP contribution in [0.15, 0.2) is 66.7 Å². The number of fused-ring (bicyclic) bond motifs is 1. The lowest BCUT2D eigenvalue weighted by Crippen LogP contribution is -2.23. The molecule has 26 heavy (non-hydrogen) atoms. The summed E-state index contributed by atoms with van der Waals surface area (Å²) in [5, 5.41) is 10.8. The Bertz CT molecular complexity index is 915. The highest BCUT2D eigenvalue weighted by molar-refractivity contribution is 6.03. The Morgan fingerprint density at radius 3 is 2.38 bits per heavy atom. The van der Waals surface area contributed by atoms with Crippen LogP contribution in [0.1, 0.15) is 17.3 Å². The Hall–Kier alpha value is -3.34. The predicted molar refractivity (Wildman–Crippen MR) is 106 cm³/mol. The van der Waals surface area contributed by atoms with Crippen LogP contribution in [0.4, 0.5) is 11.4 Å². The summed E-state index contributed by atoms with van der Waals surface area (Å²) >= 11 is 0. The third-order valence-electron chi connectivity index (χ3n) is 4.00. The van der Waals surface area contributed by atoms with Gasteiger partial charge < -0.3 is 16.0 Å².